The molecule has 0 atom stereocenters. The molecule has 0 aliphatic carbocycles. The van der Waals surface area contributed by atoms with Crippen LogP contribution in [0.4, 0.5) is 0 Å². The van der Waals surface area contributed by atoms with E-state index < -0.39 is 5.41 Å². The van der Waals surface area contributed by atoms with Gasteiger partial charge in [0.05, 0.1) is 6.42 Å². The molecule has 1 heterocycles. The van der Waals surface area contributed by atoms with Gasteiger partial charge in [0.15, 0.2) is 0 Å². The van der Waals surface area contributed by atoms with Crippen LogP contribution >= 0.6 is 15.9 Å². The van der Waals surface area contributed by atoms with Crippen molar-refractivity contribution in [2.75, 3.05) is 0 Å². The second kappa shape index (κ2) is 5.48. The van der Waals surface area contributed by atoms with Crippen LogP contribution in [0.2, 0.25) is 0 Å². The highest BCUT2D eigenvalue weighted by atomic mass is 79.9. The quantitative estimate of drug-likeness (QED) is 0.850. The number of hydrogen-bond acceptors (Lipinski definition) is 4. The van der Waals surface area contributed by atoms with E-state index in [1.807, 2.05) is 45.9 Å². The summed E-state index contributed by atoms with van der Waals surface area (Å²) in [5, 5.41) is 3.93. The van der Waals surface area contributed by atoms with Crippen molar-refractivity contribution in [2.24, 2.45) is 5.41 Å². The van der Waals surface area contributed by atoms with Crippen LogP contribution in [0.1, 0.15) is 32.2 Å². The number of hydrogen-bond donors (Lipinski definition) is 0. The van der Waals surface area contributed by atoms with Crippen molar-refractivity contribution in [3.63, 3.8) is 0 Å². The van der Waals surface area contributed by atoms with Gasteiger partial charge in [-0.2, -0.15) is 4.98 Å². The third kappa shape index (κ3) is 3.33. The molecule has 0 bridgehead atoms. The molecule has 0 aliphatic heterocycles. The smallest absolute Gasteiger partial charge is 0.234 e. The molecule has 0 unspecified atom stereocenters. The molecule has 20 heavy (non-hydrogen) atoms. The van der Waals surface area contributed by atoms with Crippen LogP contribution < -0.4 is 0 Å². The number of nitrogens with zero attached hydrogens (tertiary/aromatic N) is 2. The zero-order chi connectivity index (χ0) is 14.9. The zero-order valence-corrected chi connectivity index (χ0v) is 13.6. The monoisotopic (exact) mass is 336 g/mol. The van der Waals surface area contributed by atoms with Crippen LogP contribution in [0.5, 0.6) is 0 Å². The fraction of sp³-hybridized carbons (Fsp3) is 0.400. The topological polar surface area (TPSA) is 56.0 Å². The number of benzene rings is 1. The summed E-state index contributed by atoms with van der Waals surface area (Å²) in [6.07, 6.45) is 0.170. The Morgan fingerprint density at radius 1 is 1.35 bits per heavy atom. The minimum atomic E-state index is -0.401. The molecule has 1 aromatic heterocycles. The van der Waals surface area contributed by atoms with Crippen LogP contribution in [-0.4, -0.2) is 15.9 Å². The molecule has 5 heteroatoms. The second-order valence-corrected chi connectivity index (χ2v) is 6.68. The molecule has 0 saturated carbocycles. The lowest BCUT2D eigenvalue weighted by molar-refractivity contribution is -0.125. The second-order valence-electron chi connectivity index (χ2n) is 5.83. The van der Waals surface area contributed by atoms with E-state index in [0.29, 0.717) is 11.7 Å². The Labute approximate surface area is 126 Å². The number of rotatable bonds is 3. The molecule has 0 N–H and O–H groups in total. The molecule has 2 aromatic rings. The molecule has 0 fully saturated rings. The molecule has 0 radical (unpaired) electrons. The summed E-state index contributed by atoms with van der Waals surface area (Å²) in [6.45, 7) is 7.65. The number of ketones is 1. The summed E-state index contributed by atoms with van der Waals surface area (Å²) in [5.74, 6) is 0.941. The van der Waals surface area contributed by atoms with Crippen LogP contribution in [0, 0.1) is 12.3 Å². The average molecular weight is 337 g/mol. The van der Waals surface area contributed by atoms with E-state index in [-0.39, 0.29) is 12.2 Å². The van der Waals surface area contributed by atoms with Crippen molar-refractivity contribution in [2.45, 2.75) is 34.1 Å². The predicted molar refractivity (Wildman–Crippen MR) is 80.3 cm³/mol. The standard InChI is InChI=1S/C15H17BrN2O2/c1-9-5-6-10(7-11(9)16)14-17-13(20-18-14)8-12(19)15(2,3)4/h5-7H,8H2,1-4H3. The fourth-order valence-corrected chi connectivity index (χ4v) is 1.96. The number of carbonyl (C=O) groups is 1. The van der Waals surface area contributed by atoms with E-state index in [2.05, 4.69) is 26.1 Å². The number of aryl methyl sites for hydroxylation is 1. The van der Waals surface area contributed by atoms with Gasteiger partial charge in [0.1, 0.15) is 5.78 Å². The van der Waals surface area contributed by atoms with Gasteiger partial charge >= 0.3 is 0 Å². The largest absolute Gasteiger partial charge is 0.339 e. The molecular formula is C15H17BrN2O2. The van der Waals surface area contributed by atoms with Crippen LogP contribution in [0.3, 0.4) is 0 Å². The molecule has 106 valence electrons. The first-order chi connectivity index (χ1) is 9.27. The van der Waals surface area contributed by atoms with Gasteiger partial charge in [0.2, 0.25) is 11.7 Å². The van der Waals surface area contributed by atoms with Gasteiger partial charge < -0.3 is 4.52 Å². The molecule has 0 amide bonds. The van der Waals surface area contributed by atoms with Crippen LogP contribution in [0.25, 0.3) is 11.4 Å². The maximum absolute atomic E-state index is 11.9. The normalized spacial score (nSPS) is 11.7. The van der Waals surface area contributed by atoms with Gasteiger partial charge in [-0.3, -0.25) is 4.79 Å². The first-order valence-electron chi connectivity index (χ1n) is 6.40. The summed E-state index contributed by atoms with van der Waals surface area (Å²) in [5.41, 5.74) is 1.60. The van der Waals surface area contributed by atoms with Crippen molar-refractivity contribution >= 4 is 21.7 Å². The SMILES string of the molecule is Cc1ccc(-c2noc(CC(=O)C(C)(C)C)n2)cc1Br. The maximum Gasteiger partial charge on any atom is 0.234 e. The summed E-state index contributed by atoms with van der Waals surface area (Å²) >= 11 is 3.48. The molecule has 0 saturated heterocycles. The fourth-order valence-electron chi connectivity index (χ4n) is 1.58. The number of carbonyl (C=O) groups excluding carboxylic acids is 1. The highest BCUT2D eigenvalue weighted by Crippen LogP contribution is 2.24. The Bertz CT molecular complexity index is 642. The molecule has 0 spiro atoms. The van der Waals surface area contributed by atoms with Gasteiger partial charge in [-0.15, -0.1) is 0 Å². The molecule has 1 aromatic carbocycles. The predicted octanol–water partition coefficient (Wildman–Crippen LogP) is 3.97. The van der Waals surface area contributed by atoms with E-state index in [1.165, 1.54) is 0 Å². The number of aromatic nitrogens is 2. The van der Waals surface area contributed by atoms with E-state index >= 15 is 0 Å². The third-order valence-corrected chi connectivity index (χ3v) is 3.90. The summed E-state index contributed by atoms with van der Waals surface area (Å²) in [6, 6.07) is 5.85. The van der Waals surface area contributed by atoms with Crippen molar-refractivity contribution in [3.8, 4) is 11.4 Å². The minimum absolute atomic E-state index is 0.0813. The first-order valence-corrected chi connectivity index (χ1v) is 7.19. The Hall–Kier alpha value is -1.49. The van der Waals surface area contributed by atoms with Crippen molar-refractivity contribution in [1.82, 2.24) is 10.1 Å². The summed E-state index contributed by atoms with van der Waals surface area (Å²) in [4.78, 5) is 16.2. The van der Waals surface area contributed by atoms with Gasteiger partial charge in [-0.05, 0) is 18.6 Å². The highest BCUT2D eigenvalue weighted by Gasteiger charge is 2.23. The zero-order valence-electron chi connectivity index (χ0n) is 12.0. The highest BCUT2D eigenvalue weighted by molar-refractivity contribution is 9.10. The Kier molecular flexibility index (Phi) is 4.09. The van der Waals surface area contributed by atoms with Crippen molar-refractivity contribution < 1.29 is 9.32 Å². The van der Waals surface area contributed by atoms with E-state index in [4.69, 9.17) is 4.52 Å². The van der Waals surface area contributed by atoms with E-state index in [1.54, 1.807) is 0 Å². The van der Waals surface area contributed by atoms with Gasteiger partial charge in [-0.25, -0.2) is 0 Å². The maximum atomic E-state index is 11.9. The Morgan fingerprint density at radius 3 is 2.65 bits per heavy atom. The Balaban J connectivity index is 2.21. The Morgan fingerprint density at radius 2 is 2.05 bits per heavy atom. The molecule has 4 nitrogen and oxygen atoms in total. The number of Topliss-reactive ketones (excluding diaryl/α,β-unsaturated/α-hetero) is 1. The molecule has 0 aliphatic rings. The number of halogens is 1. The molecule has 2 rings (SSSR count). The van der Waals surface area contributed by atoms with Gasteiger partial charge in [-0.1, -0.05) is 54.0 Å². The van der Waals surface area contributed by atoms with Gasteiger partial charge in [0, 0.05) is 15.5 Å². The first kappa shape index (κ1) is 14.9. The molecular weight excluding hydrogens is 320 g/mol. The van der Waals surface area contributed by atoms with Crippen LogP contribution in [0.15, 0.2) is 27.2 Å². The minimum Gasteiger partial charge on any atom is -0.339 e. The van der Waals surface area contributed by atoms with Crippen molar-refractivity contribution in [3.05, 3.63) is 34.1 Å². The summed E-state index contributed by atoms with van der Waals surface area (Å²) in [7, 11) is 0. The van der Waals surface area contributed by atoms with Crippen molar-refractivity contribution in [1.29, 1.82) is 0 Å². The lowest BCUT2D eigenvalue weighted by Gasteiger charge is -2.14. The lowest BCUT2D eigenvalue weighted by atomic mass is 9.89. The van der Waals surface area contributed by atoms with Gasteiger partial charge in [0.25, 0.3) is 0 Å². The average Bonchev–Trinajstić information content (AvgIpc) is 2.80. The van der Waals surface area contributed by atoms with E-state index in [0.717, 1.165) is 15.6 Å². The lowest BCUT2D eigenvalue weighted by Crippen LogP contribution is -2.22. The van der Waals surface area contributed by atoms with E-state index in [9.17, 15) is 4.79 Å². The third-order valence-electron chi connectivity index (χ3n) is 3.05. The van der Waals surface area contributed by atoms with Crippen LogP contribution in [-0.2, 0) is 11.2 Å². The summed E-state index contributed by atoms with van der Waals surface area (Å²) < 4.78 is 6.15.